The lowest BCUT2D eigenvalue weighted by Crippen LogP contribution is -2.30. The molecule has 0 spiro atoms. The quantitative estimate of drug-likeness (QED) is 0.213. The van der Waals surface area contributed by atoms with E-state index in [1.807, 2.05) is 36.1 Å². The molecule has 5 aromatic rings. The van der Waals surface area contributed by atoms with Crippen LogP contribution in [0.25, 0.3) is 22.3 Å². The van der Waals surface area contributed by atoms with Gasteiger partial charge in [-0.05, 0) is 49.2 Å². The highest BCUT2D eigenvalue weighted by atomic mass is 19.4. The molecule has 1 aliphatic rings. The molecule has 0 aliphatic carbocycles. The molecule has 1 saturated heterocycles. The predicted molar refractivity (Wildman–Crippen MR) is 164 cm³/mol. The minimum atomic E-state index is -4.52. The highest BCUT2D eigenvalue weighted by Crippen LogP contribution is 2.35. The molecule has 4 N–H and O–H groups in total. The summed E-state index contributed by atoms with van der Waals surface area (Å²) in [6.07, 6.45) is -2.12. The fourth-order valence-electron chi connectivity index (χ4n) is 5.51. The molecule has 3 amide bonds. The third kappa shape index (κ3) is 6.42. The van der Waals surface area contributed by atoms with E-state index in [2.05, 4.69) is 20.6 Å². The minimum absolute atomic E-state index is 0.00812. The van der Waals surface area contributed by atoms with Crippen molar-refractivity contribution in [1.29, 1.82) is 0 Å². The van der Waals surface area contributed by atoms with Crippen LogP contribution < -0.4 is 16.4 Å². The number of nitrogens with two attached hydrogens (primary N) is 1. The Hall–Kier alpha value is -5.46. The molecule has 0 unspecified atom stereocenters. The molecule has 3 aromatic carbocycles. The normalized spacial score (nSPS) is 14.9. The Bertz CT molecular complexity index is 1890. The zero-order chi connectivity index (χ0) is 31.7. The SMILES string of the molecule is Cc1cccc(CC(=O)N2CC[C@@H](n3nc(-c4ccc(NC(=O)Nc5cccc(C(F)(F)F)c5)cc4)c4c(N)ncnc43)C2)c1. The molecule has 0 bridgehead atoms. The Balaban J connectivity index is 1.18. The van der Waals surface area contributed by atoms with E-state index in [1.165, 1.54) is 18.5 Å². The number of urea groups is 1. The number of nitrogens with zero attached hydrogens (tertiary/aromatic N) is 5. The lowest BCUT2D eigenvalue weighted by molar-refractivity contribution is -0.137. The Morgan fingerprint density at radius 1 is 0.978 bits per heavy atom. The molecule has 0 saturated carbocycles. The fraction of sp³-hybridized carbons (Fsp3) is 0.219. The number of alkyl halides is 3. The third-order valence-electron chi connectivity index (χ3n) is 7.68. The summed E-state index contributed by atoms with van der Waals surface area (Å²) in [7, 11) is 0. The zero-order valence-corrected chi connectivity index (χ0v) is 24.2. The van der Waals surface area contributed by atoms with E-state index < -0.39 is 17.8 Å². The molecule has 1 aliphatic heterocycles. The van der Waals surface area contributed by atoms with Crippen LogP contribution in [0.1, 0.15) is 29.2 Å². The van der Waals surface area contributed by atoms with Crippen molar-refractivity contribution in [2.45, 2.75) is 32.0 Å². The highest BCUT2D eigenvalue weighted by molar-refractivity contribution is 6.01. The summed E-state index contributed by atoms with van der Waals surface area (Å²) < 4.78 is 40.8. The van der Waals surface area contributed by atoms with Crippen LogP contribution in [-0.4, -0.2) is 49.7 Å². The smallest absolute Gasteiger partial charge is 0.383 e. The summed E-state index contributed by atoms with van der Waals surface area (Å²) >= 11 is 0. The maximum atomic E-state index is 13.1. The maximum Gasteiger partial charge on any atom is 0.416 e. The van der Waals surface area contributed by atoms with E-state index in [1.54, 1.807) is 28.9 Å². The van der Waals surface area contributed by atoms with Crippen LogP contribution >= 0.6 is 0 Å². The Kier molecular flexibility index (Phi) is 7.83. The largest absolute Gasteiger partial charge is 0.416 e. The number of carbonyl (C=O) groups excluding carboxylic acids is 2. The summed E-state index contributed by atoms with van der Waals surface area (Å²) in [6.45, 7) is 3.07. The van der Waals surface area contributed by atoms with Crippen molar-refractivity contribution in [1.82, 2.24) is 24.6 Å². The number of likely N-dealkylation sites (tertiary alicyclic amines) is 1. The van der Waals surface area contributed by atoms with Crippen molar-refractivity contribution in [3.05, 3.63) is 95.8 Å². The molecule has 10 nitrogen and oxygen atoms in total. The first-order valence-electron chi connectivity index (χ1n) is 14.2. The van der Waals surface area contributed by atoms with Crippen LogP contribution in [0.4, 0.5) is 35.2 Å². The molecule has 1 fully saturated rings. The second-order valence-corrected chi connectivity index (χ2v) is 10.9. The van der Waals surface area contributed by atoms with Gasteiger partial charge in [-0.3, -0.25) is 4.79 Å². The van der Waals surface area contributed by atoms with E-state index in [4.69, 9.17) is 10.8 Å². The molecule has 2 aromatic heterocycles. The van der Waals surface area contributed by atoms with E-state index in [0.717, 1.165) is 23.3 Å². The number of nitrogens with one attached hydrogen (secondary N) is 2. The number of aryl methyl sites for hydroxylation is 1. The van der Waals surface area contributed by atoms with Crippen LogP contribution in [0, 0.1) is 6.92 Å². The van der Waals surface area contributed by atoms with E-state index in [-0.39, 0.29) is 23.5 Å². The molecule has 6 rings (SSSR count). The molecule has 1 atom stereocenters. The Morgan fingerprint density at radius 2 is 1.73 bits per heavy atom. The average molecular weight is 615 g/mol. The number of nitrogen functional groups attached to an aromatic ring is 1. The summed E-state index contributed by atoms with van der Waals surface area (Å²) in [5.74, 6) is 0.309. The van der Waals surface area contributed by atoms with Crippen molar-refractivity contribution in [2.75, 3.05) is 29.5 Å². The summed E-state index contributed by atoms with van der Waals surface area (Å²) in [4.78, 5) is 36.0. The first kappa shape index (κ1) is 29.6. The highest BCUT2D eigenvalue weighted by Gasteiger charge is 2.32. The Morgan fingerprint density at radius 3 is 2.49 bits per heavy atom. The van der Waals surface area contributed by atoms with Gasteiger partial charge in [0.15, 0.2) is 5.65 Å². The number of hydrogen-bond acceptors (Lipinski definition) is 6. The van der Waals surface area contributed by atoms with Crippen LogP contribution in [0.3, 0.4) is 0 Å². The van der Waals surface area contributed by atoms with Crippen molar-refractivity contribution in [2.24, 2.45) is 0 Å². The number of carbonyl (C=O) groups is 2. The predicted octanol–water partition coefficient (Wildman–Crippen LogP) is 6.06. The van der Waals surface area contributed by atoms with Crippen LogP contribution in [0.15, 0.2) is 79.1 Å². The van der Waals surface area contributed by atoms with Crippen LogP contribution in [0.2, 0.25) is 0 Å². The molecular weight excluding hydrogens is 585 g/mol. The van der Waals surface area contributed by atoms with Gasteiger partial charge in [-0.25, -0.2) is 19.4 Å². The molecule has 3 heterocycles. The van der Waals surface area contributed by atoms with E-state index in [0.29, 0.717) is 53.9 Å². The standard InChI is InChI=1S/C32H29F3N8O2/c1-19-4-2-5-20(14-19)15-26(44)42-13-12-25(17-42)43-30-27(29(36)37-18-38-30)28(41-43)21-8-10-23(11-9-21)39-31(45)40-24-7-3-6-22(16-24)32(33,34)35/h2-11,14,16,18,25H,12-13,15,17H2,1H3,(H2,36,37,38)(H2,39,40,45)/t25-/m1/s1. The summed E-state index contributed by atoms with van der Waals surface area (Å²) in [5.41, 5.74) is 9.71. The van der Waals surface area contributed by atoms with Gasteiger partial charge in [-0.1, -0.05) is 48.0 Å². The molecule has 45 heavy (non-hydrogen) atoms. The zero-order valence-electron chi connectivity index (χ0n) is 24.2. The third-order valence-corrected chi connectivity index (χ3v) is 7.68. The van der Waals surface area contributed by atoms with Crippen LogP contribution in [-0.2, 0) is 17.4 Å². The van der Waals surface area contributed by atoms with Crippen LogP contribution in [0.5, 0.6) is 0 Å². The minimum Gasteiger partial charge on any atom is -0.383 e. The molecule has 230 valence electrons. The first-order valence-corrected chi connectivity index (χ1v) is 14.2. The van der Waals surface area contributed by atoms with Crippen molar-refractivity contribution < 1.29 is 22.8 Å². The van der Waals surface area contributed by atoms with Crippen molar-refractivity contribution >= 4 is 40.2 Å². The van der Waals surface area contributed by atoms with Gasteiger partial charge in [-0.2, -0.15) is 18.3 Å². The second-order valence-electron chi connectivity index (χ2n) is 10.9. The number of hydrogen-bond donors (Lipinski definition) is 3. The number of benzene rings is 3. The molecule has 0 radical (unpaired) electrons. The molecular formula is C32H29F3N8O2. The number of anilines is 3. The van der Waals surface area contributed by atoms with Gasteiger partial charge in [0.05, 0.1) is 23.4 Å². The van der Waals surface area contributed by atoms with Gasteiger partial charge in [0.25, 0.3) is 0 Å². The van der Waals surface area contributed by atoms with Gasteiger partial charge < -0.3 is 21.3 Å². The monoisotopic (exact) mass is 614 g/mol. The average Bonchev–Trinajstić information content (AvgIpc) is 3.64. The van der Waals surface area contributed by atoms with Crippen molar-refractivity contribution in [3.8, 4) is 11.3 Å². The lowest BCUT2D eigenvalue weighted by Gasteiger charge is -2.17. The second kappa shape index (κ2) is 11.9. The van der Waals surface area contributed by atoms with Gasteiger partial charge >= 0.3 is 12.2 Å². The fourth-order valence-corrected chi connectivity index (χ4v) is 5.51. The summed E-state index contributed by atoms with van der Waals surface area (Å²) in [6, 6.07) is 18.3. The Labute approximate surface area is 256 Å². The first-order chi connectivity index (χ1) is 21.5. The van der Waals surface area contributed by atoms with Gasteiger partial charge in [0, 0.05) is 30.0 Å². The van der Waals surface area contributed by atoms with Gasteiger partial charge in [0.2, 0.25) is 5.91 Å². The van der Waals surface area contributed by atoms with Crippen molar-refractivity contribution in [3.63, 3.8) is 0 Å². The number of fused-ring (bicyclic) bond motifs is 1. The van der Waals surface area contributed by atoms with E-state index >= 15 is 0 Å². The number of halogens is 3. The summed E-state index contributed by atoms with van der Waals surface area (Å²) in [5, 5.41) is 10.5. The number of aromatic nitrogens is 4. The maximum absolute atomic E-state index is 13.1. The lowest BCUT2D eigenvalue weighted by atomic mass is 10.1. The van der Waals surface area contributed by atoms with Gasteiger partial charge in [0.1, 0.15) is 17.8 Å². The van der Waals surface area contributed by atoms with E-state index in [9.17, 15) is 22.8 Å². The number of rotatable bonds is 6. The van der Waals surface area contributed by atoms with Gasteiger partial charge in [-0.15, -0.1) is 0 Å². The topological polar surface area (TPSA) is 131 Å². The number of amides is 3. The molecule has 13 heteroatoms.